The van der Waals surface area contributed by atoms with Crippen LogP contribution in [0.1, 0.15) is 5.56 Å². The summed E-state index contributed by atoms with van der Waals surface area (Å²) in [5.41, 5.74) is 1.18. The molecule has 0 aliphatic rings. The zero-order chi connectivity index (χ0) is 8.81. The van der Waals surface area contributed by atoms with Crippen LogP contribution >= 0.6 is 22.9 Å². The molecule has 0 radical (unpaired) electrons. The Morgan fingerprint density at radius 1 is 1.42 bits per heavy atom. The van der Waals surface area contributed by atoms with Crippen molar-refractivity contribution in [1.29, 1.82) is 0 Å². The van der Waals surface area contributed by atoms with Crippen LogP contribution in [0.4, 0.5) is 0 Å². The van der Waals surface area contributed by atoms with Gasteiger partial charge in [0.2, 0.25) is 0 Å². The summed E-state index contributed by atoms with van der Waals surface area (Å²) in [6.07, 6.45) is 1.69. The molecule has 2 nitrogen and oxygen atoms in total. The third kappa shape index (κ3) is 2.91. The molecule has 0 amide bonds. The second-order valence-corrected chi connectivity index (χ2v) is 3.16. The van der Waals surface area contributed by atoms with Gasteiger partial charge in [-0.05, 0) is 12.0 Å². The molecule has 0 aromatic heterocycles. The number of aldehydes is 1. The van der Waals surface area contributed by atoms with Gasteiger partial charge in [-0.1, -0.05) is 30.3 Å². The van der Waals surface area contributed by atoms with Crippen LogP contribution in [-0.2, 0) is 11.2 Å². The van der Waals surface area contributed by atoms with E-state index in [1.165, 1.54) is 5.56 Å². The molecule has 0 heterocycles. The van der Waals surface area contributed by atoms with Gasteiger partial charge in [-0.3, -0.25) is 3.53 Å². The van der Waals surface area contributed by atoms with Crippen LogP contribution in [0.5, 0.6) is 0 Å². The largest absolute Gasteiger partial charge is 0.302 e. The lowest BCUT2D eigenvalue weighted by molar-refractivity contribution is -0.109. The summed E-state index contributed by atoms with van der Waals surface area (Å²) in [5.74, 6) is 0. The molecule has 0 fully saturated rings. The monoisotopic (exact) mass is 275 g/mol. The summed E-state index contributed by atoms with van der Waals surface area (Å²) in [6, 6.07) is 9.88. The fourth-order valence-corrected chi connectivity index (χ4v) is 1.35. The van der Waals surface area contributed by atoms with E-state index in [9.17, 15) is 4.79 Å². The summed E-state index contributed by atoms with van der Waals surface area (Å²) in [7, 11) is 0. The van der Waals surface area contributed by atoms with E-state index in [-0.39, 0.29) is 6.04 Å². The Morgan fingerprint density at radius 2 is 2.08 bits per heavy atom. The van der Waals surface area contributed by atoms with Gasteiger partial charge >= 0.3 is 0 Å². The van der Waals surface area contributed by atoms with Crippen LogP contribution in [0.3, 0.4) is 0 Å². The first-order valence-electron chi connectivity index (χ1n) is 3.72. The van der Waals surface area contributed by atoms with E-state index in [1.807, 2.05) is 53.2 Å². The zero-order valence-electron chi connectivity index (χ0n) is 6.53. The number of carbonyl (C=O) groups excluding carboxylic acids is 1. The number of carbonyl (C=O) groups is 1. The number of hydrogen-bond donors (Lipinski definition) is 1. The first-order valence-corrected chi connectivity index (χ1v) is 4.80. The third-order valence-electron chi connectivity index (χ3n) is 1.60. The molecule has 1 aromatic carbocycles. The molecular weight excluding hydrogens is 265 g/mol. The highest BCUT2D eigenvalue weighted by molar-refractivity contribution is 14.1. The number of rotatable bonds is 4. The van der Waals surface area contributed by atoms with Gasteiger partial charge in [-0.25, -0.2) is 0 Å². The van der Waals surface area contributed by atoms with Crippen molar-refractivity contribution in [3.05, 3.63) is 35.9 Å². The van der Waals surface area contributed by atoms with E-state index in [0.29, 0.717) is 0 Å². The minimum Gasteiger partial charge on any atom is -0.302 e. The highest BCUT2D eigenvalue weighted by Gasteiger charge is 2.04. The van der Waals surface area contributed by atoms with E-state index >= 15 is 0 Å². The fourth-order valence-electron chi connectivity index (χ4n) is 0.980. The molecule has 1 rings (SSSR count). The maximum atomic E-state index is 10.5. The Kier molecular flexibility index (Phi) is 4.24. The van der Waals surface area contributed by atoms with Crippen molar-refractivity contribution in [1.82, 2.24) is 3.53 Å². The van der Waals surface area contributed by atoms with Crippen molar-refractivity contribution in [3.63, 3.8) is 0 Å². The summed E-state index contributed by atoms with van der Waals surface area (Å²) >= 11 is 2.00. The van der Waals surface area contributed by atoms with Crippen molar-refractivity contribution in [2.45, 2.75) is 12.5 Å². The molecule has 1 aromatic rings. The van der Waals surface area contributed by atoms with Crippen LogP contribution in [-0.4, -0.2) is 12.3 Å². The van der Waals surface area contributed by atoms with Crippen LogP contribution < -0.4 is 3.53 Å². The molecule has 0 aliphatic heterocycles. The van der Waals surface area contributed by atoms with Gasteiger partial charge in [0.15, 0.2) is 0 Å². The molecular formula is C9H10INO. The molecule has 0 aliphatic carbocycles. The zero-order valence-corrected chi connectivity index (χ0v) is 8.69. The average molecular weight is 275 g/mol. The first kappa shape index (κ1) is 9.67. The first-order chi connectivity index (χ1) is 5.86. The predicted octanol–water partition coefficient (Wildman–Crippen LogP) is 1.74. The molecule has 1 unspecified atom stereocenters. The molecule has 1 atom stereocenters. The second kappa shape index (κ2) is 5.27. The van der Waals surface area contributed by atoms with Gasteiger partial charge in [0.25, 0.3) is 0 Å². The standard InChI is InChI=1S/C9H10INO/c10-11-9(7-12)6-8-4-2-1-3-5-8/h1-5,7,9,11H,6H2. The van der Waals surface area contributed by atoms with Crippen LogP contribution in [0.25, 0.3) is 0 Å². The quantitative estimate of drug-likeness (QED) is 0.515. The predicted molar refractivity (Wildman–Crippen MR) is 57.2 cm³/mol. The van der Waals surface area contributed by atoms with E-state index < -0.39 is 0 Å². The topological polar surface area (TPSA) is 29.1 Å². The Balaban J connectivity index is 2.56. The number of hydrogen-bond acceptors (Lipinski definition) is 2. The van der Waals surface area contributed by atoms with Crippen molar-refractivity contribution in [3.8, 4) is 0 Å². The molecule has 1 N–H and O–H groups in total. The number of nitrogens with one attached hydrogen (secondary N) is 1. The smallest absolute Gasteiger partial charge is 0.137 e. The molecule has 0 saturated carbocycles. The highest BCUT2D eigenvalue weighted by atomic mass is 127. The molecule has 0 bridgehead atoms. The fraction of sp³-hybridized carbons (Fsp3) is 0.222. The third-order valence-corrected chi connectivity index (χ3v) is 2.40. The molecule has 64 valence electrons. The van der Waals surface area contributed by atoms with Gasteiger partial charge in [0.1, 0.15) is 6.29 Å². The van der Waals surface area contributed by atoms with Crippen LogP contribution in [0, 0.1) is 0 Å². The van der Waals surface area contributed by atoms with Crippen molar-refractivity contribution < 1.29 is 4.79 Å². The average Bonchev–Trinajstić information content (AvgIpc) is 2.16. The number of benzene rings is 1. The number of halogens is 1. The summed E-state index contributed by atoms with van der Waals surface area (Å²) in [4.78, 5) is 10.5. The van der Waals surface area contributed by atoms with E-state index in [2.05, 4.69) is 3.53 Å². The molecule has 0 saturated heterocycles. The lowest BCUT2D eigenvalue weighted by atomic mass is 10.1. The van der Waals surface area contributed by atoms with E-state index in [4.69, 9.17) is 0 Å². The van der Waals surface area contributed by atoms with Crippen molar-refractivity contribution in [2.24, 2.45) is 0 Å². The summed E-state index contributed by atoms with van der Waals surface area (Å²) in [5, 5.41) is 0. The van der Waals surface area contributed by atoms with E-state index in [1.54, 1.807) is 0 Å². The van der Waals surface area contributed by atoms with Crippen molar-refractivity contribution >= 4 is 29.2 Å². The van der Waals surface area contributed by atoms with Gasteiger partial charge in [-0.2, -0.15) is 0 Å². The maximum absolute atomic E-state index is 10.5. The SMILES string of the molecule is O=CC(Cc1ccccc1)NI. The normalized spacial score (nSPS) is 12.4. The minimum atomic E-state index is -0.0759. The van der Waals surface area contributed by atoms with Crippen molar-refractivity contribution in [2.75, 3.05) is 0 Å². The lowest BCUT2D eigenvalue weighted by Gasteiger charge is -2.06. The minimum absolute atomic E-state index is 0.0759. The summed E-state index contributed by atoms with van der Waals surface area (Å²) < 4.78 is 2.90. The molecule has 3 heteroatoms. The molecule has 0 spiro atoms. The van der Waals surface area contributed by atoms with Gasteiger partial charge in [-0.15, -0.1) is 0 Å². The van der Waals surface area contributed by atoms with Gasteiger partial charge < -0.3 is 4.79 Å². The summed E-state index contributed by atoms with van der Waals surface area (Å²) in [6.45, 7) is 0. The Bertz CT molecular complexity index is 238. The Labute approximate surface area is 85.9 Å². The van der Waals surface area contributed by atoms with Gasteiger partial charge in [0.05, 0.1) is 6.04 Å². The maximum Gasteiger partial charge on any atom is 0.137 e. The highest BCUT2D eigenvalue weighted by Crippen LogP contribution is 2.02. The Hall–Kier alpha value is -0.420. The lowest BCUT2D eigenvalue weighted by Crippen LogP contribution is -2.24. The molecule has 12 heavy (non-hydrogen) atoms. The second-order valence-electron chi connectivity index (χ2n) is 2.54. The van der Waals surface area contributed by atoms with E-state index in [0.717, 1.165) is 12.7 Å². The van der Waals surface area contributed by atoms with Crippen LogP contribution in [0.15, 0.2) is 30.3 Å². The Morgan fingerprint density at radius 3 is 2.58 bits per heavy atom. The van der Waals surface area contributed by atoms with Crippen LogP contribution in [0.2, 0.25) is 0 Å². The van der Waals surface area contributed by atoms with Gasteiger partial charge in [0, 0.05) is 22.9 Å².